The topological polar surface area (TPSA) is 39.1 Å². The molecule has 1 heterocycles. The van der Waals surface area contributed by atoms with E-state index in [0.717, 1.165) is 13.0 Å². The summed E-state index contributed by atoms with van der Waals surface area (Å²) in [7, 11) is 0. The fourth-order valence-electron chi connectivity index (χ4n) is 2.17. The third kappa shape index (κ3) is 4.96. The van der Waals surface area contributed by atoms with Crippen LogP contribution < -0.4 is 5.32 Å². The van der Waals surface area contributed by atoms with Crippen LogP contribution in [-0.2, 0) is 0 Å². The molecule has 0 radical (unpaired) electrons. The minimum Gasteiger partial charge on any atom is -0.312 e. The van der Waals surface area contributed by atoms with Crippen molar-refractivity contribution in [2.75, 3.05) is 26.2 Å². The quantitative estimate of drug-likeness (QED) is 0.725. The molecule has 92 valence electrons. The third-order valence-corrected chi connectivity index (χ3v) is 3.28. The summed E-state index contributed by atoms with van der Waals surface area (Å²) in [6.07, 6.45) is 3.40. The van der Waals surface area contributed by atoms with Gasteiger partial charge in [0.15, 0.2) is 0 Å². The lowest BCUT2D eigenvalue weighted by atomic mass is 9.89. The Morgan fingerprint density at radius 1 is 1.44 bits per heavy atom. The SMILES string of the molecule is C[C@H]1CN(CCCCC(C)(C)C#N)CCN1. The van der Waals surface area contributed by atoms with Crippen LogP contribution in [0.5, 0.6) is 0 Å². The standard InChI is InChI=1S/C13H25N3/c1-12-10-16(9-7-15-12)8-5-4-6-13(2,3)11-14/h12,15H,4-10H2,1-3H3/t12-/m0/s1. The lowest BCUT2D eigenvalue weighted by Gasteiger charge is -2.31. The Hall–Kier alpha value is -0.590. The molecule has 0 aromatic rings. The van der Waals surface area contributed by atoms with E-state index in [4.69, 9.17) is 5.26 Å². The molecule has 1 aliphatic heterocycles. The molecule has 0 aliphatic carbocycles. The smallest absolute Gasteiger partial charge is 0.0683 e. The lowest BCUT2D eigenvalue weighted by Crippen LogP contribution is -2.49. The molecule has 3 nitrogen and oxygen atoms in total. The molecule has 1 rings (SSSR count). The molecule has 1 saturated heterocycles. The van der Waals surface area contributed by atoms with Crippen molar-refractivity contribution in [1.29, 1.82) is 5.26 Å². The molecule has 16 heavy (non-hydrogen) atoms. The van der Waals surface area contributed by atoms with Crippen molar-refractivity contribution in [3.8, 4) is 6.07 Å². The average molecular weight is 223 g/mol. The zero-order valence-corrected chi connectivity index (χ0v) is 10.9. The Balaban J connectivity index is 2.09. The largest absolute Gasteiger partial charge is 0.312 e. The Labute approximate surface area is 99.8 Å². The maximum Gasteiger partial charge on any atom is 0.0683 e. The van der Waals surface area contributed by atoms with Crippen LogP contribution >= 0.6 is 0 Å². The van der Waals surface area contributed by atoms with Crippen LogP contribution in [0, 0.1) is 16.7 Å². The summed E-state index contributed by atoms with van der Waals surface area (Å²) in [6.45, 7) is 10.9. The lowest BCUT2D eigenvalue weighted by molar-refractivity contribution is 0.201. The number of rotatable bonds is 5. The predicted molar refractivity (Wildman–Crippen MR) is 67.1 cm³/mol. The highest BCUT2D eigenvalue weighted by Gasteiger charge is 2.17. The highest BCUT2D eigenvalue weighted by molar-refractivity contribution is 4.91. The van der Waals surface area contributed by atoms with Crippen molar-refractivity contribution < 1.29 is 0 Å². The molecule has 0 unspecified atom stereocenters. The molecule has 0 saturated carbocycles. The highest BCUT2D eigenvalue weighted by Crippen LogP contribution is 2.21. The summed E-state index contributed by atoms with van der Waals surface area (Å²) in [6, 6.07) is 2.99. The van der Waals surface area contributed by atoms with E-state index in [9.17, 15) is 0 Å². The Morgan fingerprint density at radius 2 is 2.19 bits per heavy atom. The Kier molecular flexibility index (Phi) is 5.24. The summed E-state index contributed by atoms with van der Waals surface area (Å²) < 4.78 is 0. The number of nitriles is 1. The molecule has 3 heteroatoms. The van der Waals surface area contributed by atoms with E-state index >= 15 is 0 Å². The second-order valence-corrected chi connectivity index (χ2v) is 5.61. The highest BCUT2D eigenvalue weighted by atomic mass is 15.2. The van der Waals surface area contributed by atoms with Gasteiger partial charge in [0.05, 0.1) is 11.5 Å². The van der Waals surface area contributed by atoms with Gasteiger partial charge in [-0.05, 0) is 40.2 Å². The number of piperazine rings is 1. The first-order chi connectivity index (χ1) is 7.53. The van der Waals surface area contributed by atoms with E-state index in [-0.39, 0.29) is 5.41 Å². The van der Waals surface area contributed by atoms with Crippen LogP contribution in [-0.4, -0.2) is 37.1 Å². The summed E-state index contributed by atoms with van der Waals surface area (Å²) in [5, 5.41) is 12.4. The second-order valence-electron chi connectivity index (χ2n) is 5.61. The minimum absolute atomic E-state index is 0.142. The van der Waals surface area contributed by atoms with Gasteiger partial charge in [0.2, 0.25) is 0 Å². The van der Waals surface area contributed by atoms with Crippen molar-refractivity contribution in [2.24, 2.45) is 5.41 Å². The number of nitrogens with one attached hydrogen (secondary N) is 1. The van der Waals surface area contributed by atoms with Gasteiger partial charge in [-0.3, -0.25) is 0 Å². The molecule has 0 spiro atoms. The molecule has 1 N–H and O–H groups in total. The van der Waals surface area contributed by atoms with Crippen molar-refractivity contribution in [3.05, 3.63) is 0 Å². The first-order valence-corrected chi connectivity index (χ1v) is 6.40. The summed E-state index contributed by atoms with van der Waals surface area (Å²) in [5.74, 6) is 0. The van der Waals surface area contributed by atoms with Crippen LogP contribution in [0.1, 0.15) is 40.0 Å². The first kappa shape index (κ1) is 13.5. The number of nitrogens with zero attached hydrogens (tertiary/aromatic N) is 2. The number of unbranched alkanes of at least 4 members (excludes halogenated alkanes) is 1. The van der Waals surface area contributed by atoms with Crippen LogP contribution in [0.25, 0.3) is 0 Å². The molecule has 0 amide bonds. The van der Waals surface area contributed by atoms with Gasteiger partial charge in [0.25, 0.3) is 0 Å². The fraction of sp³-hybridized carbons (Fsp3) is 0.923. The number of hydrogen-bond donors (Lipinski definition) is 1. The monoisotopic (exact) mass is 223 g/mol. The zero-order chi connectivity index (χ0) is 12.0. The summed E-state index contributed by atoms with van der Waals surface area (Å²) in [5.41, 5.74) is -0.142. The Bertz CT molecular complexity index is 242. The van der Waals surface area contributed by atoms with Gasteiger partial charge in [-0.25, -0.2) is 0 Å². The van der Waals surface area contributed by atoms with E-state index < -0.39 is 0 Å². The molecular weight excluding hydrogens is 198 g/mol. The maximum atomic E-state index is 8.91. The van der Waals surface area contributed by atoms with Gasteiger partial charge < -0.3 is 10.2 Å². The maximum absolute atomic E-state index is 8.91. The number of hydrogen-bond acceptors (Lipinski definition) is 3. The predicted octanol–water partition coefficient (Wildman–Crippen LogP) is 2.00. The van der Waals surface area contributed by atoms with Gasteiger partial charge in [0, 0.05) is 25.7 Å². The minimum atomic E-state index is -0.142. The van der Waals surface area contributed by atoms with E-state index in [1.165, 1.54) is 32.5 Å². The van der Waals surface area contributed by atoms with Gasteiger partial charge in [-0.2, -0.15) is 5.26 Å². The zero-order valence-electron chi connectivity index (χ0n) is 10.9. The average Bonchev–Trinajstić information content (AvgIpc) is 2.25. The fourth-order valence-corrected chi connectivity index (χ4v) is 2.17. The third-order valence-electron chi connectivity index (χ3n) is 3.28. The summed E-state index contributed by atoms with van der Waals surface area (Å²) in [4.78, 5) is 2.53. The normalized spacial score (nSPS) is 23.0. The van der Waals surface area contributed by atoms with E-state index in [1.54, 1.807) is 0 Å². The molecule has 1 atom stereocenters. The van der Waals surface area contributed by atoms with Crippen molar-refractivity contribution in [3.63, 3.8) is 0 Å². The molecule has 0 bridgehead atoms. The van der Waals surface area contributed by atoms with Crippen LogP contribution in [0.4, 0.5) is 0 Å². The molecule has 0 aromatic heterocycles. The molecule has 0 aromatic carbocycles. The first-order valence-electron chi connectivity index (χ1n) is 6.40. The van der Waals surface area contributed by atoms with Crippen LogP contribution in [0.3, 0.4) is 0 Å². The van der Waals surface area contributed by atoms with E-state index in [1.807, 2.05) is 13.8 Å². The van der Waals surface area contributed by atoms with E-state index in [0.29, 0.717) is 6.04 Å². The molecular formula is C13H25N3. The Morgan fingerprint density at radius 3 is 2.81 bits per heavy atom. The van der Waals surface area contributed by atoms with Gasteiger partial charge in [-0.1, -0.05) is 6.42 Å². The van der Waals surface area contributed by atoms with Crippen LogP contribution in [0.15, 0.2) is 0 Å². The van der Waals surface area contributed by atoms with Gasteiger partial charge in [-0.15, -0.1) is 0 Å². The van der Waals surface area contributed by atoms with Crippen molar-refractivity contribution in [1.82, 2.24) is 10.2 Å². The molecule has 1 aliphatic rings. The van der Waals surface area contributed by atoms with Crippen molar-refractivity contribution >= 4 is 0 Å². The van der Waals surface area contributed by atoms with E-state index in [2.05, 4.69) is 23.2 Å². The molecule has 1 fully saturated rings. The summed E-state index contributed by atoms with van der Waals surface area (Å²) >= 11 is 0. The second kappa shape index (κ2) is 6.22. The van der Waals surface area contributed by atoms with Gasteiger partial charge in [0.1, 0.15) is 0 Å². The van der Waals surface area contributed by atoms with Crippen molar-refractivity contribution in [2.45, 2.75) is 46.1 Å². The van der Waals surface area contributed by atoms with Gasteiger partial charge >= 0.3 is 0 Å². The van der Waals surface area contributed by atoms with Crippen LogP contribution in [0.2, 0.25) is 0 Å².